The number of benzene rings is 2. The summed E-state index contributed by atoms with van der Waals surface area (Å²) in [5.41, 5.74) is 2.35. The molecule has 2 aromatic rings. The van der Waals surface area contributed by atoms with Crippen LogP contribution in [0.25, 0.3) is 0 Å². The van der Waals surface area contributed by atoms with Gasteiger partial charge in [0.2, 0.25) is 5.91 Å². The van der Waals surface area contributed by atoms with Crippen molar-refractivity contribution in [3.05, 3.63) is 59.7 Å². The first-order chi connectivity index (χ1) is 12.1. The van der Waals surface area contributed by atoms with E-state index in [1.165, 1.54) is 4.90 Å². The summed E-state index contributed by atoms with van der Waals surface area (Å²) >= 11 is 0. The minimum Gasteiger partial charge on any atom is -0.348 e. The van der Waals surface area contributed by atoms with Crippen molar-refractivity contribution in [3.63, 3.8) is 0 Å². The summed E-state index contributed by atoms with van der Waals surface area (Å²) in [6.45, 7) is 2.03. The molecule has 126 valence electrons. The summed E-state index contributed by atoms with van der Waals surface area (Å²) in [6.07, 6.45) is 0.290. The number of hydrogen-bond donors (Lipinski definition) is 1. The lowest BCUT2D eigenvalue weighted by molar-refractivity contribution is -0.116. The van der Waals surface area contributed by atoms with Gasteiger partial charge in [-0.15, -0.1) is 0 Å². The number of para-hydroxylation sites is 2. The molecule has 0 saturated carbocycles. The van der Waals surface area contributed by atoms with Gasteiger partial charge in [-0.25, -0.2) is 0 Å². The summed E-state index contributed by atoms with van der Waals surface area (Å²) in [7, 11) is 0. The molecule has 3 amide bonds. The van der Waals surface area contributed by atoms with E-state index in [4.69, 9.17) is 0 Å². The Hall–Kier alpha value is -3.15. The molecule has 6 heteroatoms. The highest BCUT2D eigenvalue weighted by atomic mass is 16.2. The number of carbonyl (C=O) groups excluding carboxylic acids is 3. The van der Waals surface area contributed by atoms with E-state index in [2.05, 4.69) is 5.32 Å². The number of anilines is 2. The molecule has 2 aromatic carbocycles. The highest BCUT2D eigenvalue weighted by Gasteiger charge is 2.37. The molecule has 0 fully saturated rings. The molecule has 1 atom stereocenters. The van der Waals surface area contributed by atoms with Crippen LogP contribution in [-0.4, -0.2) is 35.3 Å². The van der Waals surface area contributed by atoms with Crippen molar-refractivity contribution in [2.24, 2.45) is 0 Å². The van der Waals surface area contributed by atoms with Gasteiger partial charge in [0, 0.05) is 12.5 Å². The van der Waals surface area contributed by atoms with Crippen LogP contribution in [0.1, 0.15) is 34.1 Å². The minimum atomic E-state index is -0.297. The van der Waals surface area contributed by atoms with Crippen molar-refractivity contribution >= 4 is 29.1 Å². The van der Waals surface area contributed by atoms with Crippen LogP contribution in [0.2, 0.25) is 0 Å². The predicted molar refractivity (Wildman–Crippen MR) is 93.4 cm³/mol. The number of rotatable bonds is 2. The second kappa shape index (κ2) is 5.73. The third-order valence-corrected chi connectivity index (χ3v) is 4.67. The molecule has 2 heterocycles. The van der Waals surface area contributed by atoms with Crippen molar-refractivity contribution in [2.75, 3.05) is 16.9 Å². The number of carbonyl (C=O) groups is 3. The summed E-state index contributed by atoms with van der Waals surface area (Å²) in [5.74, 6) is -0.674. The first-order valence-corrected chi connectivity index (χ1v) is 8.17. The second-order valence-electron chi connectivity index (χ2n) is 6.31. The van der Waals surface area contributed by atoms with Gasteiger partial charge < -0.3 is 10.2 Å². The van der Waals surface area contributed by atoms with Crippen LogP contribution in [-0.2, 0) is 4.79 Å². The van der Waals surface area contributed by atoms with Crippen LogP contribution in [0.5, 0.6) is 0 Å². The summed E-state index contributed by atoms with van der Waals surface area (Å²) < 4.78 is 0. The molecule has 6 nitrogen and oxygen atoms in total. The summed E-state index contributed by atoms with van der Waals surface area (Å²) in [6, 6.07) is 14.1. The molecule has 0 radical (unpaired) electrons. The highest BCUT2D eigenvalue weighted by molar-refractivity contribution is 6.21. The molecule has 2 aliphatic heterocycles. The number of hydrogen-bond acceptors (Lipinski definition) is 4. The first kappa shape index (κ1) is 15.4. The number of imide groups is 1. The molecule has 1 unspecified atom stereocenters. The Morgan fingerprint density at radius 3 is 2.24 bits per heavy atom. The minimum absolute atomic E-state index is 0.0789. The SMILES string of the molecule is CC1CC(=O)Nc2ccccc2N1CN1C(=O)c2ccccc2C1=O. The van der Waals surface area contributed by atoms with Crippen LogP contribution < -0.4 is 10.2 Å². The average molecular weight is 335 g/mol. The van der Waals surface area contributed by atoms with Crippen molar-refractivity contribution < 1.29 is 14.4 Å². The Morgan fingerprint density at radius 2 is 1.56 bits per heavy atom. The zero-order valence-electron chi connectivity index (χ0n) is 13.7. The van der Waals surface area contributed by atoms with E-state index in [0.29, 0.717) is 16.8 Å². The molecule has 1 N–H and O–H groups in total. The topological polar surface area (TPSA) is 69.7 Å². The van der Waals surface area contributed by atoms with Crippen molar-refractivity contribution in [2.45, 2.75) is 19.4 Å². The first-order valence-electron chi connectivity index (χ1n) is 8.17. The van der Waals surface area contributed by atoms with Crippen LogP contribution in [0.4, 0.5) is 11.4 Å². The van der Waals surface area contributed by atoms with Gasteiger partial charge in [-0.2, -0.15) is 0 Å². The fraction of sp³-hybridized carbons (Fsp3) is 0.211. The van der Waals surface area contributed by atoms with Crippen LogP contribution in [0.15, 0.2) is 48.5 Å². The smallest absolute Gasteiger partial charge is 0.263 e. The van der Waals surface area contributed by atoms with Gasteiger partial charge in [0.05, 0.1) is 22.5 Å². The van der Waals surface area contributed by atoms with Gasteiger partial charge in [-0.1, -0.05) is 24.3 Å². The molecule has 25 heavy (non-hydrogen) atoms. The van der Waals surface area contributed by atoms with E-state index >= 15 is 0 Å². The van der Waals surface area contributed by atoms with E-state index in [-0.39, 0.29) is 36.9 Å². The lowest BCUT2D eigenvalue weighted by Crippen LogP contribution is -2.45. The molecule has 0 aromatic heterocycles. The van der Waals surface area contributed by atoms with Crippen molar-refractivity contribution in [1.29, 1.82) is 0 Å². The molecular formula is C19H17N3O3. The molecular weight excluding hydrogens is 318 g/mol. The van der Waals surface area contributed by atoms with Gasteiger partial charge in [-0.05, 0) is 31.2 Å². The van der Waals surface area contributed by atoms with E-state index in [9.17, 15) is 14.4 Å². The van der Waals surface area contributed by atoms with Gasteiger partial charge in [0.15, 0.2) is 0 Å². The lowest BCUT2D eigenvalue weighted by Gasteiger charge is -2.32. The molecule has 0 bridgehead atoms. The standard InChI is InChI=1S/C19H17N3O3/c1-12-10-17(23)20-15-8-4-5-9-16(15)21(12)11-22-18(24)13-6-2-3-7-14(13)19(22)25/h2-9,12H,10-11H2,1H3,(H,20,23). The third kappa shape index (κ3) is 2.46. The Balaban J connectivity index is 1.70. The van der Waals surface area contributed by atoms with E-state index in [1.807, 2.05) is 36.1 Å². The van der Waals surface area contributed by atoms with E-state index in [0.717, 1.165) is 5.69 Å². The maximum Gasteiger partial charge on any atom is 0.263 e. The van der Waals surface area contributed by atoms with E-state index in [1.54, 1.807) is 24.3 Å². The van der Waals surface area contributed by atoms with Crippen molar-refractivity contribution in [1.82, 2.24) is 4.90 Å². The van der Waals surface area contributed by atoms with Gasteiger partial charge >= 0.3 is 0 Å². The largest absolute Gasteiger partial charge is 0.348 e. The second-order valence-corrected chi connectivity index (χ2v) is 6.31. The molecule has 0 saturated heterocycles. The molecule has 2 aliphatic rings. The zero-order chi connectivity index (χ0) is 17.6. The molecule has 0 spiro atoms. The summed E-state index contributed by atoms with van der Waals surface area (Å²) in [4.78, 5) is 40.5. The van der Waals surface area contributed by atoms with E-state index < -0.39 is 0 Å². The monoisotopic (exact) mass is 335 g/mol. The maximum absolute atomic E-state index is 12.6. The van der Waals surface area contributed by atoms with Gasteiger partial charge in [0.1, 0.15) is 6.67 Å². The highest BCUT2D eigenvalue weighted by Crippen LogP contribution is 2.32. The Morgan fingerprint density at radius 1 is 0.960 bits per heavy atom. The van der Waals surface area contributed by atoms with Crippen LogP contribution >= 0.6 is 0 Å². The van der Waals surface area contributed by atoms with Crippen LogP contribution in [0, 0.1) is 0 Å². The molecule has 0 aliphatic carbocycles. The average Bonchev–Trinajstić information content (AvgIpc) is 2.77. The predicted octanol–water partition coefficient (Wildman–Crippen LogP) is 2.48. The fourth-order valence-electron chi connectivity index (χ4n) is 3.38. The zero-order valence-corrected chi connectivity index (χ0v) is 13.7. The Labute approximate surface area is 145 Å². The fourth-order valence-corrected chi connectivity index (χ4v) is 3.38. The number of nitrogens with one attached hydrogen (secondary N) is 1. The van der Waals surface area contributed by atoms with Gasteiger partial charge in [0.25, 0.3) is 11.8 Å². The molecule has 4 rings (SSSR count). The lowest BCUT2D eigenvalue weighted by atomic mass is 10.1. The van der Waals surface area contributed by atoms with Crippen molar-refractivity contribution in [3.8, 4) is 0 Å². The Kier molecular flexibility index (Phi) is 3.53. The summed E-state index contributed by atoms with van der Waals surface area (Å²) in [5, 5.41) is 2.88. The van der Waals surface area contributed by atoms with Gasteiger partial charge in [-0.3, -0.25) is 19.3 Å². The number of nitrogens with zero attached hydrogens (tertiary/aromatic N) is 2. The number of fused-ring (bicyclic) bond motifs is 2. The van der Waals surface area contributed by atoms with Crippen LogP contribution in [0.3, 0.4) is 0 Å². The quantitative estimate of drug-likeness (QED) is 0.856. The maximum atomic E-state index is 12.6. The normalized spacial score (nSPS) is 19.4. The number of amides is 3. The Bertz CT molecular complexity index is 858. The third-order valence-electron chi connectivity index (χ3n) is 4.67.